The maximum atomic E-state index is 12.0. The van der Waals surface area contributed by atoms with Crippen LogP contribution >= 0.6 is 15.9 Å². The molecule has 10 heteroatoms. The first-order valence-corrected chi connectivity index (χ1v) is 7.43. The molecule has 0 aromatic heterocycles. The lowest BCUT2D eigenvalue weighted by Crippen LogP contribution is -2.33. The number of amides is 1. The Bertz CT molecular complexity index is 644. The summed E-state index contributed by atoms with van der Waals surface area (Å²) >= 11 is 3.03. The summed E-state index contributed by atoms with van der Waals surface area (Å²) in [6.07, 6.45) is -4.56. The number of carbonyl (C=O) groups is 1. The summed E-state index contributed by atoms with van der Waals surface area (Å²) in [5.74, 6) is -1.05. The summed E-state index contributed by atoms with van der Waals surface area (Å²) in [6, 6.07) is 2.15. The van der Waals surface area contributed by atoms with Crippen molar-refractivity contribution in [2.24, 2.45) is 5.14 Å². The predicted molar refractivity (Wildman–Crippen MR) is 68.6 cm³/mol. The first-order chi connectivity index (χ1) is 8.92. The van der Waals surface area contributed by atoms with Gasteiger partial charge in [-0.3, -0.25) is 4.79 Å². The molecule has 20 heavy (non-hydrogen) atoms. The number of primary sulfonamides is 1. The van der Waals surface area contributed by atoms with Gasteiger partial charge in [0.15, 0.2) is 0 Å². The fraction of sp³-hybridized carbons (Fsp3) is 0.300. The summed E-state index contributed by atoms with van der Waals surface area (Å²) in [7, 11) is -4.09. The van der Waals surface area contributed by atoms with Crippen molar-refractivity contribution in [3.05, 3.63) is 27.7 Å². The Morgan fingerprint density at radius 3 is 2.40 bits per heavy atom. The maximum Gasteiger partial charge on any atom is 0.405 e. The highest BCUT2D eigenvalue weighted by Crippen LogP contribution is 2.25. The lowest BCUT2D eigenvalue weighted by molar-refractivity contribution is -0.123. The molecule has 0 heterocycles. The highest BCUT2D eigenvalue weighted by atomic mass is 79.9. The second-order valence-corrected chi connectivity index (χ2v) is 6.31. The molecule has 112 valence electrons. The zero-order valence-electron chi connectivity index (χ0n) is 10.1. The van der Waals surface area contributed by atoms with Crippen LogP contribution in [0.1, 0.15) is 15.9 Å². The molecule has 1 amide bonds. The van der Waals surface area contributed by atoms with Crippen LogP contribution in [0.3, 0.4) is 0 Å². The number of benzene rings is 1. The molecule has 0 bridgehead atoms. The smallest absolute Gasteiger partial charge is 0.343 e. The summed E-state index contributed by atoms with van der Waals surface area (Å²) < 4.78 is 58.9. The van der Waals surface area contributed by atoms with Gasteiger partial charge >= 0.3 is 6.18 Å². The maximum absolute atomic E-state index is 12.0. The van der Waals surface area contributed by atoms with Gasteiger partial charge in [-0.25, -0.2) is 13.6 Å². The van der Waals surface area contributed by atoms with Gasteiger partial charge in [0.1, 0.15) is 6.54 Å². The van der Waals surface area contributed by atoms with E-state index in [-0.39, 0.29) is 20.5 Å². The zero-order valence-corrected chi connectivity index (χ0v) is 12.5. The number of halogens is 4. The molecule has 1 rings (SSSR count). The Labute approximate surface area is 121 Å². The Morgan fingerprint density at radius 2 is 1.95 bits per heavy atom. The van der Waals surface area contributed by atoms with E-state index in [4.69, 9.17) is 5.14 Å². The first-order valence-electron chi connectivity index (χ1n) is 5.10. The van der Waals surface area contributed by atoms with Crippen LogP contribution in [-0.2, 0) is 10.0 Å². The Hall–Kier alpha value is -1.13. The van der Waals surface area contributed by atoms with E-state index >= 15 is 0 Å². The van der Waals surface area contributed by atoms with Gasteiger partial charge < -0.3 is 5.32 Å². The normalized spacial score (nSPS) is 12.3. The van der Waals surface area contributed by atoms with Crippen LogP contribution in [0.5, 0.6) is 0 Å². The molecule has 0 saturated carbocycles. The molecule has 3 N–H and O–H groups in total. The van der Waals surface area contributed by atoms with E-state index in [1.165, 1.54) is 13.0 Å². The second kappa shape index (κ2) is 5.70. The van der Waals surface area contributed by atoms with E-state index in [2.05, 4.69) is 15.9 Å². The van der Waals surface area contributed by atoms with Crippen molar-refractivity contribution in [1.29, 1.82) is 0 Å². The molecule has 0 radical (unpaired) electrons. The van der Waals surface area contributed by atoms with Crippen LogP contribution in [0.15, 0.2) is 21.5 Å². The van der Waals surface area contributed by atoms with Crippen LogP contribution < -0.4 is 10.5 Å². The predicted octanol–water partition coefficient (Wildman–Crippen LogP) is 1.70. The molecule has 1 aromatic carbocycles. The quantitative estimate of drug-likeness (QED) is 0.843. The molecular weight excluding hydrogens is 365 g/mol. The highest BCUT2D eigenvalue weighted by molar-refractivity contribution is 9.10. The van der Waals surface area contributed by atoms with Crippen LogP contribution in [0.4, 0.5) is 13.2 Å². The molecule has 0 unspecified atom stereocenters. The largest absolute Gasteiger partial charge is 0.405 e. The number of carbonyl (C=O) groups excluding carboxylic acids is 1. The van der Waals surface area contributed by atoms with Crippen LogP contribution in [0.2, 0.25) is 0 Å². The molecule has 0 aliphatic carbocycles. The van der Waals surface area contributed by atoms with E-state index in [1.807, 2.05) is 0 Å². The lowest BCUT2D eigenvalue weighted by atomic mass is 10.1. The zero-order chi connectivity index (χ0) is 15.7. The van der Waals surface area contributed by atoms with Gasteiger partial charge in [0, 0.05) is 10.0 Å². The minimum Gasteiger partial charge on any atom is -0.343 e. The third-order valence-electron chi connectivity index (χ3n) is 2.31. The van der Waals surface area contributed by atoms with Crippen molar-refractivity contribution in [2.45, 2.75) is 18.0 Å². The number of hydrogen-bond donors (Lipinski definition) is 2. The summed E-state index contributed by atoms with van der Waals surface area (Å²) in [5, 5.41) is 6.62. The van der Waals surface area contributed by atoms with E-state index in [0.29, 0.717) is 0 Å². The number of sulfonamides is 1. The van der Waals surface area contributed by atoms with Gasteiger partial charge in [0.25, 0.3) is 5.91 Å². The van der Waals surface area contributed by atoms with Crippen LogP contribution in [-0.4, -0.2) is 27.0 Å². The molecule has 1 aromatic rings. The van der Waals surface area contributed by atoms with Gasteiger partial charge in [-0.1, -0.05) is 15.9 Å². The van der Waals surface area contributed by atoms with E-state index in [9.17, 15) is 26.4 Å². The molecule has 0 atom stereocenters. The Morgan fingerprint density at radius 1 is 1.40 bits per heavy atom. The topological polar surface area (TPSA) is 89.3 Å². The van der Waals surface area contributed by atoms with Crippen molar-refractivity contribution in [2.75, 3.05) is 6.54 Å². The van der Waals surface area contributed by atoms with E-state index in [1.54, 1.807) is 5.32 Å². The van der Waals surface area contributed by atoms with Gasteiger partial charge in [-0.15, -0.1) is 0 Å². The number of nitrogens with two attached hydrogens (primary N) is 1. The van der Waals surface area contributed by atoms with Crippen molar-refractivity contribution >= 4 is 31.9 Å². The van der Waals surface area contributed by atoms with Crippen molar-refractivity contribution in [3.63, 3.8) is 0 Å². The monoisotopic (exact) mass is 374 g/mol. The average molecular weight is 375 g/mol. The molecular formula is C10H10BrF3N2O3S. The minimum atomic E-state index is -4.56. The van der Waals surface area contributed by atoms with Gasteiger partial charge in [0.05, 0.1) is 4.90 Å². The third-order valence-corrected chi connectivity index (χ3v) is 4.18. The number of rotatable bonds is 3. The Balaban J connectivity index is 3.15. The molecule has 5 nitrogen and oxygen atoms in total. The van der Waals surface area contributed by atoms with Gasteiger partial charge in [0.2, 0.25) is 10.0 Å². The summed E-state index contributed by atoms with van der Waals surface area (Å²) in [6.45, 7) is -0.0662. The SMILES string of the molecule is Cc1c(Br)cc(C(=O)NCC(F)(F)F)cc1S(N)(=O)=O. The molecule has 0 spiro atoms. The number of hydrogen-bond acceptors (Lipinski definition) is 3. The van der Waals surface area contributed by atoms with Crippen LogP contribution in [0, 0.1) is 6.92 Å². The number of nitrogens with one attached hydrogen (secondary N) is 1. The van der Waals surface area contributed by atoms with Crippen LogP contribution in [0.25, 0.3) is 0 Å². The van der Waals surface area contributed by atoms with Gasteiger partial charge in [-0.05, 0) is 24.6 Å². The first kappa shape index (κ1) is 16.9. The molecule has 0 fully saturated rings. The lowest BCUT2D eigenvalue weighted by Gasteiger charge is -2.11. The summed E-state index contributed by atoms with van der Waals surface area (Å²) in [5.41, 5.74) is 0.0237. The fourth-order valence-corrected chi connectivity index (χ4v) is 2.78. The molecule has 0 aliphatic heterocycles. The Kier molecular flexibility index (Phi) is 4.82. The van der Waals surface area contributed by atoms with Crippen molar-refractivity contribution < 1.29 is 26.4 Å². The van der Waals surface area contributed by atoms with E-state index in [0.717, 1.165) is 6.07 Å². The highest BCUT2D eigenvalue weighted by Gasteiger charge is 2.28. The standard InChI is InChI=1S/C10H10BrF3N2O3S/c1-5-7(11)2-6(3-8(5)20(15,18)19)9(17)16-4-10(12,13)14/h2-3H,4H2,1H3,(H,16,17)(H2,15,18,19). The second-order valence-electron chi connectivity index (χ2n) is 3.92. The molecule has 0 saturated heterocycles. The average Bonchev–Trinajstić information content (AvgIpc) is 2.26. The van der Waals surface area contributed by atoms with Crippen molar-refractivity contribution in [3.8, 4) is 0 Å². The summed E-state index contributed by atoms with van der Waals surface area (Å²) in [4.78, 5) is 11.2. The minimum absolute atomic E-state index is 0.240. The van der Waals surface area contributed by atoms with Gasteiger partial charge in [-0.2, -0.15) is 13.2 Å². The fourth-order valence-electron chi connectivity index (χ4n) is 1.36. The molecule has 0 aliphatic rings. The third kappa shape index (κ3) is 4.46. The van der Waals surface area contributed by atoms with Crippen molar-refractivity contribution in [1.82, 2.24) is 5.32 Å². The van der Waals surface area contributed by atoms with E-state index < -0.39 is 28.7 Å². The number of alkyl halides is 3.